The van der Waals surface area contributed by atoms with Gasteiger partial charge in [0.05, 0.1) is 17.7 Å². The Morgan fingerprint density at radius 3 is 2.33 bits per heavy atom. The van der Waals surface area contributed by atoms with Crippen molar-refractivity contribution >= 4 is 21.6 Å². The SMILES string of the molecule is COc1ccc(S(=O)(=O)N[C@@H](C)C(C)C)cc1NC(C)=O. The molecule has 0 bridgehead atoms. The number of carbonyl (C=O) groups excluding carboxylic acids is 1. The summed E-state index contributed by atoms with van der Waals surface area (Å²) in [6.07, 6.45) is 0. The van der Waals surface area contributed by atoms with Gasteiger partial charge >= 0.3 is 0 Å². The molecule has 1 aromatic carbocycles. The number of hydrogen-bond donors (Lipinski definition) is 2. The molecule has 0 unspecified atom stereocenters. The van der Waals surface area contributed by atoms with Crippen LogP contribution in [0.2, 0.25) is 0 Å². The van der Waals surface area contributed by atoms with Crippen molar-refractivity contribution in [3.05, 3.63) is 18.2 Å². The molecule has 1 amide bonds. The molecule has 0 aromatic heterocycles. The van der Waals surface area contributed by atoms with Gasteiger partial charge in [0, 0.05) is 13.0 Å². The molecule has 7 heteroatoms. The number of ether oxygens (including phenoxy) is 1. The van der Waals surface area contributed by atoms with E-state index in [0.29, 0.717) is 11.4 Å². The molecule has 2 N–H and O–H groups in total. The number of amides is 1. The van der Waals surface area contributed by atoms with E-state index < -0.39 is 10.0 Å². The first-order chi connectivity index (χ1) is 9.67. The molecule has 0 aliphatic rings. The molecule has 1 rings (SSSR count). The number of carbonyl (C=O) groups is 1. The number of rotatable bonds is 6. The highest BCUT2D eigenvalue weighted by Crippen LogP contribution is 2.27. The van der Waals surface area contributed by atoms with E-state index in [-0.39, 0.29) is 22.8 Å². The average molecular weight is 314 g/mol. The minimum absolute atomic E-state index is 0.0829. The zero-order valence-electron chi connectivity index (χ0n) is 12.9. The van der Waals surface area contributed by atoms with Gasteiger partial charge < -0.3 is 10.1 Å². The zero-order valence-corrected chi connectivity index (χ0v) is 13.7. The Balaban J connectivity index is 3.15. The van der Waals surface area contributed by atoms with E-state index in [1.54, 1.807) is 6.92 Å². The molecule has 6 nitrogen and oxygen atoms in total. The first-order valence-corrected chi connectivity index (χ1v) is 8.13. The van der Waals surface area contributed by atoms with Crippen LogP contribution >= 0.6 is 0 Å². The van der Waals surface area contributed by atoms with Gasteiger partial charge in [0.2, 0.25) is 15.9 Å². The molecule has 1 aromatic rings. The second-order valence-corrected chi connectivity index (χ2v) is 6.91. The third kappa shape index (κ3) is 4.71. The number of benzene rings is 1. The predicted octanol–water partition coefficient (Wildman–Crippen LogP) is 1.98. The summed E-state index contributed by atoms with van der Waals surface area (Å²) in [4.78, 5) is 11.3. The van der Waals surface area contributed by atoms with Crippen LogP contribution in [0.1, 0.15) is 27.7 Å². The monoisotopic (exact) mass is 314 g/mol. The fourth-order valence-corrected chi connectivity index (χ4v) is 3.01. The van der Waals surface area contributed by atoms with Crippen LogP contribution in [-0.4, -0.2) is 27.5 Å². The fraction of sp³-hybridized carbons (Fsp3) is 0.500. The van der Waals surface area contributed by atoms with Crippen molar-refractivity contribution in [3.8, 4) is 5.75 Å². The lowest BCUT2D eigenvalue weighted by Gasteiger charge is -2.18. The summed E-state index contributed by atoms with van der Waals surface area (Å²) in [6, 6.07) is 4.15. The van der Waals surface area contributed by atoms with Crippen molar-refractivity contribution in [2.75, 3.05) is 12.4 Å². The molecule has 0 heterocycles. The molecular formula is C14H22N2O4S. The van der Waals surface area contributed by atoms with E-state index in [0.717, 1.165) is 0 Å². The number of hydrogen-bond acceptors (Lipinski definition) is 4. The lowest BCUT2D eigenvalue weighted by atomic mass is 10.1. The summed E-state index contributed by atoms with van der Waals surface area (Å²) in [6.45, 7) is 7.02. The molecule has 0 saturated heterocycles. The highest BCUT2D eigenvalue weighted by Gasteiger charge is 2.20. The molecule has 0 spiro atoms. The summed E-state index contributed by atoms with van der Waals surface area (Å²) >= 11 is 0. The molecule has 0 radical (unpaired) electrons. The highest BCUT2D eigenvalue weighted by atomic mass is 32.2. The molecule has 0 aliphatic heterocycles. The van der Waals surface area contributed by atoms with Gasteiger partial charge in [-0.25, -0.2) is 13.1 Å². The van der Waals surface area contributed by atoms with Crippen molar-refractivity contribution in [2.24, 2.45) is 5.92 Å². The van der Waals surface area contributed by atoms with Crippen molar-refractivity contribution in [1.29, 1.82) is 0 Å². The van der Waals surface area contributed by atoms with Crippen LogP contribution in [0.3, 0.4) is 0 Å². The Morgan fingerprint density at radius 2 is 1.86 bits per heavy atom. The lowest BCUT2D eigenvalue weighted by molar-refractivity contribution is -0.114. The van der Waals surface area contributed by atoms with Gasteiger partial charge in [0.25, 0.3) is 0 Å². The average Bonchev–Trinajstić information content (AvgIpc) is 2.37. The quantitative estimate of drug-likeness (QED) is 0.841. The van der Waals surface area contributed by atoms with Gasteiger partial charge in [-0.3, -0.25) is 4.79 Å². The summed E-state index contributed by atoms with van der Waals surface area (Å²) in [5.74, 6) is 0.278. The second-order valence-electron chi connectivity index (χ2n) is 5.20. The van der Waals surface area contributed by atoms with Gasteiger partial charge in [0.15, 0.2) is 0 Å². The fourth-order valence-electron chi connectivity index (χ4n) is 1.59. The Morgan fingerprint density at radius 1 is 1.24 bits per heavy atom. The summed E-state index contributed by atoms with van der Waals surface area (Å²) in [5.41, 5.74) is 0.324. The predicted molar refractivity (Wildman–Crippen MR) is 81.9 cm³/mol. The van der Waals surface area contributed by atoms with Crippen LogP contribution in [0.15, 0.2) is 23.1 Å². The number of methoxy groups -OCH3 is 1. The topological polar surface area (TPSA) is 84.5 Å². The molecule has 0 saturated carbocycles. The Hall–Kier alpha value is -1.60. The van der Waals surface area contributed by atoms with E-state index in [1.807, 2.05) is 13.8 Å². The molecule has 0 aliphatic carbocycles. The van der Waals surface area contributed by atoms with Crippen LogP contribution in [0.4, 0.5) is 5.69 Å². The summed E-state index contributed by atoms with van der Waals surface area (Å²) < 4.78 is 32.4. The van der Waals surface area contributed by atoms with Gasteiger partial charge in [-0.05, 0) is 31.0 Å². The number of sulfonamides is 1. The third-order valence-corrected chi connectivity index (χ3v) is 4.69. The first-order valence-electron chi connectivity index (χ1n) is 6.65. The molecule has 0 fully saturated rings. The van der Waals surface area contributed by atoms with Crippen LogP contribution in [-0.2, 0) is 14.8 Å². The van der Waals surface area contributed by atoms with Crippen molar-refractivity contribution in [2.45, 2.75) is 38.6 Å². The second kappa shape index (κ2) is 6.91. The first kappa shape index (κ1) is 17.5. The van der Waals surface area contributed by atoms with Crippen molar-refractivity contribution in [3.63, 3.8) is 0 Å². The molecule has 118 valence electrons. The van der Waals surface area contributed by atoms with Crippen molar-refractivity contribution in [1.82, 2.24) is 4.72 Å². The van der Waals surface area contributed by atoms with Crippen LogP contribution in [0, 0.1) is 5.92 Å². The van der Waals surface area contributed by atoms with E-state index in [4.69, 9.17) is 4.74 Å². The summed E-state index contributed by atoms with van der Waals surface area (Å²) in [5, 5.41) is 2.56. The maximum absolute atomic E-state index is 12.3. The molecule has 21 heavy (non-hydrogen) atoms. The Bertz CT molecular complexity index is 611. The standard InChI is InChI=1S/C14H22N2O4S/c1-9(2)10(3)16-21(18,19)12-6-7-14(20-5)13(8-12)15-11(4)17/h6-10,16H,1-5H3,(H,15,17)/t10-/m0/s1. The maximum atomic E-state index is 12.3. The van der Waals surface area contributed by atoms with Crippen LogP contribution in [0.5, 0.6) is 5.75 Å². The molecule has 1 atom stereocenters. The minimum atomic E-state index is -3.64. The Kier molecular flexibility index (Phi) is 5.74. The summed E-state index contributed by atoms with van der Waals surface area (Å²) in [7, 11) is -2.19. The van der Waals surface area contributed by atoms with E-state index in [1.165, 1.54) is 32.2 Å². The maximum Gasteiger partial charge on any atom is 0.240 e. The highest BCUT2D eigenvalue weighted by molar-refractivity contribution is 7.89. The van der Waals surface area contributed by atoms with E-state index in [2.05, 4.69) is 10.0 Å². The van der Waals surface area contributed by atoms with Crippen molar-refractivity contribution < 1.29 is 17.9 Å². The molecular weight excluding hydrogens is 292 g/mol. The lowest BCUT2D eigenvalue weighted by Crippen LogP contribution is -2.36. The Labute approximate surface area is 125 Å². The minimum Gasteiger partial charge on any atom is -0.495 e. The van der Waals surface area contributed by atoms with Gasteiger partial charge in [-0.15, -0.1) is 0 Å². The van der Waals surface area contributed by atoms with Gasteiger partial charge in [-0.1, -0.05) is 13.8 Å². The normalized spacial score (nSPS) is 13.0. The van der Waals surface area contributed by atoms with Crippen LogP contribution in [0.25, 0.3) is 0 Å². The zero-order chi connectivity index (χ0) is 16.2. The number of anilines is 1. The van der Waals surface area contributed by atoms with Gasteiger partial charge in [-0.2, -0.15) is 0 Å². The largest absolute Gasteiger partial charge is 0.495 e. The third-order valence-electron chi connectivity index (χ3n) is 3.13. The van der Waals surface area contributed by atoms with E-state index >= 15 is 0 Å². The smallest absolute Gasteiger partial charge is 0.240 e. The number of nitrogens with one attached hydrogen (secondary N) is 2. The van der Waals surface area contributed by atoms with Crippen LogP contribution < -0.4 is 14.8 Å². The van der Waals surface area contributed by atoms with Gasteiger partial charge in [0.1, 0.15) is 5.75 Å². The van der Waals surface area contributed by atoms with E-state index in [9.17, 15) is 13.2 Å².